The average molecular weight is 485 g/mol. The van der Waals surface area contributed by atoms with Crippen molar-refractivity contribution < 1.29 is 13.2 Å². The molecule has 11 heteroatoms. The van der Waals surface area contributed by atoms with Crippen LogP contribution in [0.3, 0.4) is 0 Å². The number of aryl methyl sites for hydroxylation is 1. The fourth-order valence-corrected chi connectivity index (χ4v) is 6.00. The molecule has 3 rings (SSSR count). The fraction of sp³-hybridized carbons (Fsp3) is 0.450. The number of rotatable bonds is 8. The van der Waals surface area contributed by atoms with Crippen LogP contribution in [0.4, 0.5) is 5.69 Å². The van der Waals surface area contributed by atoms with Crippen molar-refractivity contribution in [2.75, 3.05) is 24.2 Å². The van der Waals surface area contributed by atoms with Gasteiger partial charge in [0.05, 0.1) is 10.8 Å². The van der Waals surface area contributed by atoms with Crippen LogP contribution in [0.15, 0.2) is 39.1 Å². The molecule has 8 nitrogen and oxygen atoms in total. The Hall–Kier alpha value is -1.88. The van der Waals surface area contributed by atoms with Crippen molar-refractivity contribution in [1.82, 2.24) is 14.3 Å². The number of thioether (sulfide) groups is 1. The Morgan fingerprint density at radius 2 is 2.00 bits per heavy atom. The number of H-pyrrole nitrogens is 1. The van der Waals surface area contributed by atoms with E-state index in [2.05, 4.69) is 15.3 Å². The summed E-state index contributed by atoms with van der Waals surface area (Å²) in [7, 11) is -3.73. The Labute approximate surface area is 190 Å². The molecule has 0 bridgehead atoms. The van der Waals surface area contributed by atoms with Crippen LogP contribution in [-0.2, 0) is 21.2 Å². The number of aromatic nitrogens is 2. The van der Waals surface area contributed by atoms with Crippen LogP contribution in [0.5, 0.6) is 0 Å². The maximum atomic E-state index is 13.0. The molecule has 1 fully saturated rings. The molecule has 168 valence electrons. The minimum Gasteiger partial charge on any atom is -0.325 e. The van der Waals surface area contributed by atoms with Crippen molar-refractivity contribution in [1.29, 1.82) is 0 Å². The molecular formula is C20H25ClN4O4S2. The summed E-state index contributed by atoms with van der Waals surface area (Å²) in [4.78, 5) is 31.1. The summed E-state index contributed by atoms with van der Waals surface area (Å²) in [5.74, 6) is -0.341. The first kappa shape index (κ1) is 23.8. The number of carbonyl (C=O) groups is 1. The minimum absolute atomic E-state index is 0.00928. The molecule has 1 saturated heterocycles. The molecule has 1 aliphatic rings. The fourth-order valence-electron chi connectivity index (χ4n) is 3.29. The van der Waals surface area contributed by atoms with Gasteiger partial charge in [0.1, 0.15) is 4.90 Å². The van der Waals surface area contributed by atoms with Crippen molar-refractivity contribution in [2.24, 2.45) is 0 Å². The van der Waals surface area contributed by atoms with Crippen LogP contribution in [0, 0.1) is 0 Å². The number of hydrogen-bond donors (Lipinski definition) is 2. The van der Waals surface area contributed by atoms with Gasteiger partial charge >= 0.3 is 0 Å². The lowest BCUT2D eigenvalue weighted by Crippen LogP contribution is -2.35. The van der Waals surface area contributed by atoms with Gasteiger partial charge in [0.2, 0.25) is 15.9 Å². The summed E-state index contributed by atoms with van der Waals surface area (Å²) in [6, 6.07) is 5.86. The Bertz CT molecular complexity index is 1100. The first-order chi connectivity index (χ1) is 14.8. The number of aromatic amines is 1. The molecule has 0 radical (unpaired) electrons. The molecule has 1 aliphatic heterocycles. The predicted molar refractivity (Wildman–Crippen MR) is 122 cm³/mol. The maximum absolute atomic E-state index is 13.0. The van der Waals surface area contributed by atoms with Crippen molar-refractivity contribution in [3.05, 3.63) is 45.3 Å². The lowest BCUT2D eigenvalue weighted by molar-refractivity contribution is -0.113. The second-order valence-electron chi connectivity index (χ2n) is 7.24. The van der Waals surface area contributed by atoms with Gasteiger partial charge in [-0.3, -0.25) is 9.59 Å². The third-order valence-electron chi connectivity index (χ3n) is 4.77. The van der Waals surface area contributed by atoms with Crippen LogP contribution in [0.1, 0.15) is 38.3 Å². The van der Waals surface area contributed by atoms with Crippen LogP contribution in [0.25, 0.3) is 0 Å². The number of sulfonamides is 1. The van der Waals surface area contributed by atoms with Gasteiger partial charge in [-0.15, -0.1) is 0 Å². The Balaban J connectivity index is 1.68. The number of hydrogen-bond acceptors (Lipinski definition) is 6. The van der Waals surface area contributed by atoms with Crippen molar-refractivity contribution in [3.8, 4) is 0 Å². The third-order valence-corrected chi connectivity index (χ3v) is 8.02. The van der Waals surface area contributed by atoms with Crippen LogP contribution >= 0.6 is 23.4 Å². The normalized spacial score (nSPS) is 15.0. The Morgan fingerprint density at radius 1 is 1.26 bits per heavy atom. The zero-order chi connectivity index (χ0) is 22.4. The minimum atomic E-state index is -3.73. The molecule has 31 heavy (non-hydrogen) atoms. The summed E-state index contributed by atoms with van der Waals surface area (Å²) in [6.45, 7) is 2.93. The Morgan fingerprint density at radius 3 is 2.71 bits per heavy atom. The highest BCUT2D eigenvalue weighted by Crippen LogP contribution is 2.29. The lowest BCUT2D eigenvalue weighted by Gasteiger charge is -2.26. The molecule has 0 unspecified atom stereocenters. The maximum Gasteiger partial charge on any atom is 0.251 e. The first-order valence-electron chi connectivity index (χ1n) is 10.1. The van der Waals surface area contributed by atoms with E-state index in [-0.39, 0.29) is 27.1 Å². The second-order valence-corrected chi connectivity index (χ2v) is 10.5. The first-order valence-corrected chi connectivity index (χ1v) is 12.9. The second kappa shape index (κ2) is 10.6. The van der Waals surface area contributed by atoms with Gasteiger partial charge in [0.25, 0.3) is 5.56 Å². The molecule has 1 amide bonds. The van der Waals surface area contributed by atoms with Gasteiger partial charge in [0, 0.05) is 30.5 Å². The van der Waals surface area contributed by atoms with Gasteiger partial charge in [-0.05, 0) is 37.5 Å². The summed E-state index contributed by atoms with van der Waals surface area (Å²) in [5, 5.41) is 3.18. The molecule has 0 saturated carbocycles. The summed E-state index contributed by atoms with van der Waals surface area (Å²) >= 11 is 7.27. The van der Waals surface area contributed by atoms with E-state index in [0.717, 1.165) is 37.4 Å². The Kier molecular flexibility index (Phi) is 8.15. The van der Waals surface area contributed by atoms with E-state index in [1.54, 1.807) is 6.07 Å². The van der Waals surface area contributed by atoms with E-state index in [4.69, 9.17) is 11.6 Å². The van der Waals surface area contributed by atoms with Crippen molar-refractivity contribution in [2.45, 2.75) is 49.1 Å². The van der Waals surface area contributed by atoms with Gasteiger partial charge in [-0.1, -0.05) is 43.1 Å². The number of anilines is 1. The molecule has 2 N–H and O–H groups in total. The van der Waals surface area contributed by atoms with Crippen molar-refractivity contribution in [3.63, 3.8) is 0 Å². The predicted octanol–water partition coefficient (Wildman–Crippen LogP) is 3.28. The number of carbonyl (C=O) groups excluding carboxylic acids is 1. The summed E-state index contributed by atoms with van der Waals surface area (Å²) in [6.07, 6.45) is 4.19. The SMILES string of the molecule is CCCc1cc(=O)[nH]c(SCC(=O)Nc2ccc(Cl)c(S(=O)(=O)N3CCCCC3)c2)n1. The van der Waals surface area contributed by atoms with Crippen LogP contribution in [0.2, 0.25) is 5.02 Å². The number of halogens is 1. The zero-order valence-corrected chi connectivity index (χ0v) is 19.6. The third kappa shape index (κ3) is 6.31. The van der Waals surface area contributed by atoms with Crippen LogP contribution < -0.4 is 10.9 Å². The monoisotopic (exact) mass is 484 g/mol. The van der Waals surface area contributed by atoms with Crippen molar-refractivity contribution >= 4 is 45.0 Å². The average Bonchev–Trinajstić information content (AvgIpc) is 2.74. The number of benzene rings is 1. The molecule has 2 heterocycles. The van der Waals surface area contributed by atoms with E-state index >= 15 is 0 Å². The lowest BCUT2D eigenvalue weighted by atomic mass is 10.2. The van der Waals surface area contributed by atoms with E-state index in [1.807, 2.05) is 6.92 Å². The molecule has 1 aromatic carbocycles. The highest BCUT2D eigenvalue weighted by molar-refractivity contribution is 7.99. The van der Waals surface area contributed by atoms with Gasteiger partial charge in [0.15, 0.2) is 5.16 Å². The standard InChI is InChI=1S/C20H25ClN4O4S2/c1-2-6-14-12-18(26)24-20(23-14)30-13-19(27)22-15-7-8-16(21)17(11-15)31(28,29)25-9-4-3-5-10-25/h7-8,11-12H,2-6,9-10,13H2,1H3,(H,22,27)(H,23,24,26). The molecule has 1 aromatic heterocycles. The number of piperidine rings is 1. The quantitative estimate of drug-likeness (QED) is 0.439. The summed E-state index contributed by atoms with van der Waals surface area (Å²) < 4.78 is 27.3. The zero-order valence-electron chi connectivity index (χ0n) is 17.2. The van der Waals surface area contributed by atoms with Gasteiger partial charge in [-0.2, -0.15) is 4.31 Å². The summed E-state index contributed by atoms with van der Waals surface area (Å²) in [5.41, 5.74) is 0.762. The van der Waals surface area contributed by atoms with Crippen LogP contribution in [-0.4, -0.2) is 47.4 Å². The van der Waals surface area contributed by atoms with E-state index in [0.29, 0.717) is 36.0 Å². The number of nitrogens with zero attached hydrogens (tertiary/aromatic N) is 2. The molecule has 0 aliphatic carbocycles. The van der Waals surface area contributed by atoms with E-state index in [1.165, 1.54) is 22.5 Å². The highest BCUT2D eigenvalue weighted by Gasteiger charge is 2.28. The molecule has 0 atom stereocenters. The highest BCUT2D eigenvalue weighted by atomic mass is 35.5. The van der Waals surface area contributed by atoms with E-state index in [9.17, 15) is 18.0 Å². The topological polar surface area (TPSA) is 112 Å². The molecule has 0 spiro atoms. The van der Waals surface area contributed by atoms with Gasteiger partial charge in [-0.25, -0.2) is 13.4 Å². The largest absolute Gasteiger partial charge is 0.325 e. The number of amides is 1. The van der Waals surface area contributed by atoms with Gasteiger partial charge < -0.3 is 10.3 Å². The molecule has 2 aromatic rings. The number of nitrogens with one attached hydrogen (secondary N) is 2. The molecular weight excluding hydrogens is 460 g/mol. The smallest absolute Gasteiger partial charge is 0.251 e. The van der Waals surface area contributed by atoms with E-state index < -0.39 is 10.0 Å².